The third-order valence-corrected chi connectivity index (χ3v) is 4.34. The summed E-state index contributed by atoms with van der Waals surface area (Å²) in [5.74, 6) is -1.44. The molecule has 0 aromatic heterocycles. The fraction of sp³-hybridized carbons (Fsp3) is 0.500. The van der Waals surface area contributed by atoms with Gasteiger partial charge in [-0.1, -0.05) is 12.8 Å². The third-order valence-electron chi connectivity index (χ3n) is 4.34. The van der Waals surface area contributed by atoms with Crippen LogP contribution in [-0.2, 0) is 4.79 Å². The number of carboxylic acid groups (broad SMARTS) is 1. The van der Waals surface area contributed by atoms with E-state index >= 15 is 0 Å². The number of hydrogen-bond donors (Lipinski definition) is 4. The van der Waals surface area contributed by atoms with Gasteiger partial charge in [-0.3, -0.25) is 4.79 Å². The van der Waals surface area contributed by atoms with E-state index in [0.717, 1.165) is 45.7 Å². The van der Waals surface area contributed by atoms with Crippen molar-refractivity contribution in [3.05, 3.63) is 29.8 Å². The van der Waals surface area contributed by atoms with Crippen LogP contribution in [0.25, 0.3) is 0 Å². The highest BCUT2D eigenvalue weighted by molar-refractivity contribution is 5.95. The second-order valence-electron chi connectivity index (χ2n) is 6.67. The number of rotatable bonds is 5. The molecule has 0 bridgehead atoms. The molecule has 1 unspecified atom stereocenters. The highest BCUT2D eigenvalue weighted by atomic mass is 16.4. The van der Waals surface area contributed by atoms with E-state index in [0.29, 0.717) is 11.3 Å². The minimum atomic E-state index is -2.04. The maximum absolute atomic E-state index is 12.5. The van der Waals surface area contributed by atoms with Crippen molar-refractivity contribution >= 4 is 23.6 Å². The molecule has 8 nitrogen and oxygen atoms in total. The van der Waals surface area contributed by atoms with Crippen LogP contribution in [0.15, 0.2) is 24.3 Å². The summed E-state index contributed by atoms with van der Waals surface area (Å²) in [4.78, 5) is 36.9. The molecule has 142 valence electrons. The number of urea groups is 1. The standard InChI is InChI=1S/C18H25N3O5/c1-18(26,16(23)24)12-19-17(25)20-14-8-6-13(7-9-14)15(22)21-10-4-2-3-5-11-21/h6-9,26H,2-5,10-12H2,1H3,(H,23,24)(H2,19,20,25). The quantitative estimate of drug-likeness (QED) is 0.634. The lowest BCUT2D eigenvalue weighted by molar-refractivity contribution is -0.155. The average molecular weight is 363 g/mol. The molecule has 1 aliphatic heterocycles. The number of nitrogens with zero attached hydrogens (tertiary/aromatic N) is 1. The predicted octanol–water partition coefficient (Wildman–Crippen LogP) is 1.66. The van der Waals surface area contributed by atoms with Gasteiger partial charge in [0.25, 0.3) is 5.91 Å². The predicted molar refractivity (Wildman–Crippen MR) is 96.1 cm³/mol. The molecule has 8 heteroatoms. The van der Waals surface area contributed by atoms with Crippen molar-refractivity contribution in [2.24, 2.45) is 0 Å². The van der Waals surface area contributed by atoms with Crippen LogP contribution in [0.4, 0.5) is 10.5 Å². The molecule has 4 N–H and O–H groups in total. The van der Waals surface area contributed by atoms with Gasteiger partial charge in [0.2, 0.25) is 0 Å². The number of aliphatic hydroxyl groups is 1. The van der Waals surface area contributed by atoms with E-state index in [1.165, 1.54) is 0 Å². The van der Waals surface area contributed by atoms with Crippen LogP contribution >= 0.6 is 0 Å². The number of hydrogen-bond acceptors (Lipinski definition) is 4. The smallest absolute Gasteiger partial charge is 0.337 e. The molecular formula is C18H25N3O5. The maximum Gasteiger partial charge on any atom is 0.337 e. The van der Waals surface area contributed by atoms with Gasteiger partial charge in [0.1, 0.15) is 0 Å². The lowest BCUT2D eigenvalue weighted by Crippen LogP contribution is -2.47. The van der Waals surface area contributed by atoms with Gasteiger partial charge in [-0.25, -0.2) is 9.59 Å². The van der Waals surface area contributed by atoms with Crippen LogP contribution in [0.2, 0.25) is 0 Å². The summed E-state index contributed by atoms with van der Waals surface area (Å²) in [6.07, 6.45) is 4.34. The molecular weight excluding hydrogens is 338 g/mol. The molecule has 1 fully saturated rings. The lowest BCUT2D eigenvalue weighted by Gasteiger charge is -2.20. The summed E-state index contributed by atoms with van der Waals surface area (Å²) in [5, 5.41) is 23.2. The fourth-order valence-electron chi connectivity index (χ4n) is 2.66. The highest BCUT2D eigenvalue weighted by Crippen LogP contribution is 2.15. The first kappa shape index (κ1) is 19.7. The van der Waals surface area contributed by atoms with Gasteiger partial charge in [-0.2, -0.15) is 0 Å². The molecule has 1 heterocycles. The summed E-state index contributed by atoms with van der Waals surface area (Å²) in [7, 11) is 0. The Labute approximate surface area is 152 Å². The van der Waals surface area contributed by atoms with Crippen molar-refractivity contribution < 1.29 is 24.6 Å². The molecule has 26 heavy (non-hydrogen) atoms. The second kappa shape index (κ2) is 8.66. The maximum atomic E-state index is 12.5. The summed E-state index contributed by atoms with van der Waals surface area (Å²) in [5.41, 5.74) is -1.02. The summed E-state index contributed by atoms with van der Waals surface area (Å²) < 4.78 is 0. The van der Waals surface area contributed by atoms with E-state index in [9.17, 15) is 19.5 Å². The first-order chi connectivity index (χ1) is 12.3. The molecule has 0 radical (unpaired) electrons. The Balaban J connectivity index is 1.89. The normalized spacial score (nSPS) is 16.9. The van der Waals surface area contributed by atoms with E-state index < -0.39 is 24.1 Å². The number of aliphatic carboxylic acids is 1. The number of anilines is 1. The highest BCUT2D eigenvalue weighted by Gasteiger charge is 2.30. The van der Waals surface area contributed by atoms with Crippen molar-refractivity contribution in [2.45, 2.75) is 38.2 Å². The van der Waals surface area contributed by atoms with Gasteiger partial charge < -0.3 is 25.7 Å². The molecule has 3 amide bonds. The van der Waals surface area contributed by atoms with Crippen LogP contribution in [0, 0.1) is 0 Å². The minimum Gasteiger partial charge on any atom is -0.479 e. The number of likely N-dealkylation sites (tertiary alicyclic amines) is 1. The van der Waals surface area contributed by atoms with Crippen LogP contribution in [0.1, 0.15) is 43.0 Å². The third kappa shape index (κ3) is 5.45. The summed E-state index contributed by atoms with van der Waals surface area (Å²) in [6, 6.07) is 5.88. The number of carboxylic acids is 1. The summed E-state index contributed by atoms with van der Waals surface area (Å²) >= 11 is 0. The Bertz CT molecular complexity index is 649. The first-order valence-corrected chi connectivity index (χ1v) is 8.69. The van der Waals surface area contributed by atoms with Crippen molar-refractivity contribution in [1.29, 1.82) is 0 Å². The molecule has 1 saturated heterocycles. The molecule has 0 saturated carbocycles. The van der Waals surface area contributed by atoms with Crippen LogP contribution in [0.3, 0.4) is 0 Å². The molecule has 1 aromatic rings. The fourth-order valence-corrected chi connectivity index (χ4v) is 2.66. The second-order valence-corrected chi connectivity index (χ2v) is 6.67. The molecule has 2 rings (SSSR count). The van der Waals surface area contributed by atoms with Gasteiger partial charge in [0.15, 0.2) is 5.60 Å². The first-order valence-electron chi connectivity index (χ1n) is 8.69. The van der Waals surface area contributed by atoms with E-state index in [-0.39, 0.29) is 5.91 Å². The Kier molecular flexibility index (Phi) is 6.57. The van der Waals surface area contributed by atoms with Crippen molar-refractivity contribution in [2.75, 3.05) is 25.0 Å². The Morgan fingerprint density at radius 1 is 1.08 bits per heavy atom. The van der Waals surface area contributed by atoms with E-state index in [1.54, 1.807) is 24.3 Å². The Morgan fingerprint density at radius 3 is 2.19 bits per heavy atom. The number of amides is 3. The number of benzene rings is 1. The SMILES string of the molecule is CC(O)(CNC(=O)Nc1ccc(C(=O)N2CCCCCC2)cc1)C(=O)O. The van der Waals surface area contributed by atoms with E-state index in [1.807, 2.05) is 4.90 Å². The Morgan fingerprint density at radius 2 is 1.65 bits per heavy atom. The van der Waals surface area contributed by atoms with Crippen molar-refractivity contribution in [3.63, 3.8) is 0 Å². The molecule has 0 aliphatic carbocycles. The van der Waals surface area contributed by atoms with Gasteiger partial charge in [0.05, 0.1) is 6.54 Å². The van der Waals surface area contributed by atoms with Crippen LogP contribution in [0.5, 0.6) is 0 Å². The monoisotopic (exact) mass is 363 g/mol. The zero-order chi connectivity index (χ0) is 19.2. The van der Waals surface area contributed by atoms with E-state index in [4.69, 9.17) is 5.11 Å². The van der Waals surface area contributed by atoms with Gasteiger partial charge >= 0.3 is 12.0 Å². The Hall–Kier alpha value is -2.61. The lowest BCUT2D eigenvalue weighted by atomic mass is 10.1. The minimum absolute atomic E-state index is 0.0135. The molecule has 1 aromatic carbocycles. The van der Waals surface area contributed by atoms with Gasteiger partial charge in [0, 0.05) is 24.3 Å². The van der Waals surface area contributed by atoms with Crippen LogP contribution < -0.4 is 10.6 Å². The van der Waals surface area contributed by atoms with Gasteiger partial charge in [-0.05, 0) is 44.0 Å². The van der Waals surface area contributed by atoms with Gasteiger partial charge in [-0.15, -0.1) is 0 Å². The molecule has 1 atom stereocenters. The van der Waals surface area contributed by atoms with Crippen LogP contribution in [-0.4, -0.2) is 58.3 Å². The number of nitrogens with one attached hydrogen (secondary N) is 2. The summed E-state index contributed by atoms with van der Waals surface area (Å²) in [6.45, 7) is 2.20. The zero-order valence-corrected chi connectivity index (χ0v) is 14.8. The largest absolute Gasteiger partial charge is 0.479 e. The van der Waals surface area contributed by atoms with Crippen molar-refractivity contribution in [3.8, 4) is 0 Å². The molecule has 1 aliphatic rings. The van der Waals surface area contributed by atoms with Crippen molar-refractivity contribution in [1.82, 2.24) is 10.2 Å². The average Bonchev–Trinajstić information content (AvgIpc) is 2.89. The topological polar surface area (TPSA) is 119 Å². The van der Waals surface area contributed by atoms with E-state index in [2.05, 4.69) is 10.6 Å². The zero-order valence-electron chi connectivity index (χ0n) is 14.8. The molecule has 0 spiro atoms. The number of carbonyl (C=O) groups is 3. The number of carbonyl (C=O) groups excluding carboxylic acids is 2.